The Bertz CT molecular complexity index is 1620. The van der Waals surface area contributed by atoms with Crippen LogP contribution < -0.4 is 10.0 Å². The van der Waals surface area contributed by atoms with Crippen molar-refractivity contribution in [1.29, 1.82) is 0 Å². The highest BCUT2D eigenvalue weighted by Crippen LogP contribution is 2.30. The largest absolute Gasteiger partial charge is 0.506 e. The van der Waals surface area contributed by atoms with E-state index in [1.165, 1.54) is 25.3 Å². The van der Waals surface area contributed by atoms with Crippen molar-refractivity contribution >= 4 is 44.9 Å². The van der Waals surface area contributed by atoms with Crippen LogP contribution in [-0.2, 0) is 14.8 Å². The molecule has 1 amide bonds. The van der Waals surface area contributed by atoms with Crippen LogP contribution in [0.4, 0.5) is 15.8 Å². The summed E-state index contributed by atoms with van der Waals surface area (Å²) in [4.78, 5) is 24.3. The third-order valence-electron chi connectivity index (χ3n) is 5.48. The summed E-state index contributed by atoms with van der Waals surface area (Å²) in [6.07, 6.45) is 0. The number of esters is 1. The van der Waals surface area contributed by atoms with Gasteiger partial charge in [0, 0.05) is 11.3 Å². The summed E-state index contributed by atoms with van der Waals surface area (Å²) in [5, 5.41) is 13.0. The number of hydrogen-bond donors (Lipinski definition) is 3. The van der Waals surface area contributed by atoms with Crippen LogP contribution in [0.2, 0.25) is 5.02 Å². The topological polar surface area (TPSA) is 122 Å². The Morgan fingerprint density at radius 1 is 0.895 bits per heavy atom. The molecule has 0 saturated heterocycles. The first-order chi connectivity index (χ1) is 18.1. The van der Waals surface area contributed by atoms with Gasteiger partial charge >= 0.3 is 5.97 Å². The monoisotopic (exact) mass is 554 g/mol. The molecule has 0 saturated carbocycles. The number of hydrogen-bond acceptors (Lipinski definition) is 6. The van der Waals surface area contributed by atoms with Gasteiger partial charge in [-0.2, -0.15) is 0 Å². The van der Waals surface area contributed by atoms with E-state index in [0.717, 1.165) is 35.4 Å². The first-order valence-electron chi connectivity index (χ1n) is 11.0. The molecule has 0 aliphatic carbocycles. The van der Waals surface area contributed by atoms with Gasteiger partial charge in [0.1, 0.15) is 11.6 Å². The van der Waals surface area contributed by atoms with Gasteiger partial charge in [0.15, 0.2) is 0 Å². The number of nitrogens with one attached hydrogen (secondary N) is 2. The minimum atomic E-state index is -4.12. The summed E-state index contributed by atoms with van der Waals surface area (Å²) in [5.74, 6) is -1.98. The van der Waals surface area contributed by atoms with Gasteiger partial charge in [-0.05, 0) is 77.9 Å². The molecule has 0 unspecified atom stereocenters. The average molecular weight is 555 g/mol. The van der Waals surface area contributed by atoms with E-state index in [1.807, 2.05) is 0 Å². The maximum Gasteiger partial charge on any atom is 0.339 e. The van der Waals surface area contributed by atoms with Crippen molar-refractivity contribution in [3.63, 3.8) is 0 Å². The van der Waals surface area contributed by atoms with Gasteiger partial charge in [0.05, 0.1) is 28.3 Å². The van der Waals surface area contributed by atoms with Gasteiger partial charge in [-0.1, -0.05) is 29.8 Å². The van der Waals surface area contributed by atoms with Crippen LogP contribution in [0.3, 0.4) is 0 Å². The number of rotatable bonds is 7. The van der Waals surface area contributed by atoms with Crippen molar-refractivity contribution < 1.29 is 32.2 Å². The number of amides is 1. The number of carbonyl (C=O) groups excluding carboxylic acids is 2. The highest BCUT2D eigenvalue weighted by atomic mass is 35.5. The molecule has 0 bridgehead atoms. The van der Waals surface area contributed by atoms with Gasteiger partial charge in [-0.15, -0.1) is 0 Å². The molecule has 11 heteroatoms. The average Bonchev–Trinajstić information content (AvgIpc) is 2.90. The summed E-state index contributed by atoms with van der Waals surface area (Å²) in [6, 6.07) is 19.5. The fourth-order valence-electron chi connectivity index (χ4n) is 3.50. The molecular formula is C27H20ClFN2O6S. The molecule has 4 aromatic carbocycles. The van der Waals surface area contributed by atoms with Gasteiger partial charge in [0.2, 0.25) is 0 Å². The van der Waals surface area contributed by atoms with Gasteiger partial charge < -0.3 is 15.2 Å². The smallest absolute Gasteiger partial charge is 0.339 e. The molecular weight excluding hydrogens is 535 g/mol. The molecule has 8 nitrogen and oxygen atoms in total. The van der Waals surface area contributed by atoms with E-state index < -0.39 is 27.7 Å². The molecule has 3 N–H and O–H groups in total. The lowest BCUT2D eigenvalue weighted by Gasteiger charge is -2.12. The maximum absolute atomic E-state index is 13.1. The SMILES string of the molecule is COC(=O)c1ccc(-c2ccc(C(=O)Nc3ccc(O)c(NS(=O)(=O)c4ccc(F)cc4)c3)cc2)cc1Cl. The van der Waals surface area contributed by atoms with Gasteiger partial charge in [-0.25, -0.2) is 17.6 Å². The van der Waals surface area contributed by atoms with Crippen molar-refractivity contribution in [2.45, 2.75) is 4.90 Å². The summed E-state index contributed by atoms with van der Waals surface area (Å²) in [5.41, 5.74) is 2.08. The molecule has 194 valence electrons. The Morgan fingerprint density at radius 2 is 1.55 bits per heavy atom. The third-order valence-corrected chi connectivity index (χ3v) is 7.17. The van der Waals surface area contributed by atoms with Crippen LogP contribution >= 0.6 is 11.6 Å². The summed E-state index contributed by atoms with van der Waals surface area (Å²) in [7, 11) is -2.85. The number of anilines is 2. The van der Waals surface area contributed by atoms with E-state index in [0.29, 0.717) is 5.56 Å². The third kappa shape index (κ3) is 5.93. The lowest BCUT2D eigenvalue weighted by molar-refractivity contribution is 0.0600. The zero-order valence-electron chi connectivity index (χ0n) is 19.7. The quantitative estimate of drug-likeness (QED) is 0.153. The number of phenols is 1. The molecule has 0 atom stereocenters. The number of aromatic hydroxyl groups is 1. The Morgan fingerprint density at radius 3 is 2.18 bits per heavy atom. The number of ether oxygens (including phenoxy) is 1. The minimum absolute atomic E-state index is 0.172. The van der Waals surface area contributed by atoms with Crippen LogP contribution in [0.5, 0.6) is 5.75 Å². The van der Waals surface area contributed by atoms with E-state index in [1.54, 1.807) is 42.5 Å². The zero-order chi connectivity index (χ0) is 27.4. The predicted molar refractivity (Wildman–Crippen MR) is 141 cm³/mol. The minimum Gasteiger partial charge on any atom is -0.506 e. The second-order valence-electron chi connectivity index (χ2n) is 8.01. The second kappa shape index (κ2) is 10.9. The molecule has 38 heavy (non-hydrogen) atoms. The summed E-state index contributed by atoms with van der Waals surface area (Å²) >= 11 is 6.19. The standard InChI is InChI=1S/C27H20ClFN2O6S/c1-37-27(34)22-12-6-18(14-23(22)28)16-2-4-17(5-3-16)26(33)30-20-9-13-25(32)24(15-20)31-38(35,36)21-10-7-19(29)8-11-21/h2-15,31-32H,1H3,(H,30,33). The predicted octanol–water partition coefficient (Wildman–Crippen LogP) is 5.69. The van der Waals surface area contributed by atoms with E-state index in [9.17, 15) is 27.5 Å². The van der Waals surface area contributed by atoms with Gasteiger partial charge in [-0.3, -0.25) is 9.52 Å². The fraction of sp³-hybridized carbons (Fsp3) is 0.0370. The lowest BCUT2D eigenvalue weighted by atomic mass is 10.0. The Kier molecular flexibility index (Phi) is 7.65. The van der Waals surface area contributed by atoms with E-state index in [-0.39, 0.29) is 32.6 Å². The number of sulfonamides is 1. The molecule has 0 aliphatic heterocycles. The normalized spacial score (nSPS) is 11.0. The zero-order valence-corrected chi connectivity index (χ0v) is 21.3. The van der Waals surface area contributed by atoms with Crippen molar-refractivity contribution in [3.8, 4) is 16.9 Å². The number of phenolic OH excluding ortho intramolecular Hbond substituents is 1. The second-order valence-corrected chi connectivity index (χ2v) is 10.1. The number of benzene rings is 4. The summed E-state index contributed by atoms with van der Waals surface area (Å²) < 4.78 is 45.2. The molecule has 0 spiro atoms. The number of methoxy groups -OCH3 is 1. The molecule has 0 radical (unpaired) electrons. The number of carbonyl (C=O) groups is 2. The lowest BCUT2D eigenvalue weighted by Crippen LogP contribution is -2.14. The highest BCUT2D eigenvalue weighted by molar-refractivity contribution is 7.92. The van der Waals surface area contributed by atoms with Crippen LogP contribution in [0.15, 0.2) is 89.8 Å². The maximum atomic E-state index is 13.1. The Balaban J connectivity index is 1.49. The van der Waals surface area contributed by atoms with Crippen LogP contribution in [0, 0.1) is 5.82 Å². The van der Waals surface area contributed by atoms with E-state index in [2.05, 4.69) is 14.8 Å². The first-order valence-corrected chi connectivity index (χ1v) is 12.8. The Labute approximate surface area is 222 Å². The molecule has 0 aromatic heterocycles. The first kappa shape index (κ1) is 26.6. The van der Waals surface area contributed by atoms with E-state index >= 15 is 0 Å². The molecule has 4 aromatic rings. The summed E-state index contributed by atoms with van der Waals surface area (Å²) in [6.45, 7) is 0. The molecule has 0 fully saturated rings. The van der Waals surface area contributed by atoms with Crippen molar-refractivity contribution in [1.82, 2.24) is 0 Å². The van der Waals surface area contributed by atoms with E-state index in [4.69, 9.17) is 11.6 Å². The van der Waals surface area contributed by atoms with Crippen molar-refractivity contribution in [3.05, 3.63) is 107 Å². The van der Waals surface area contributed by atoms with Gasteiger partial charge in [0.25, 0.3) is 15.9 Å². The molecule has 4 rings (SSSR count). The molecule has 0 aliphatic rings. The Hall–Kier alpha value is -4.41. The molecule has 0 heterocycles. The van der Waals surface area contributed by atoms with Crippen LogP contribution in [0.25, 0.3) is 11.1 Å². The van der Waals surface area contributed by atoms with Crippen LogP contribution in [0.1, 0.15) is 20.7 Å². The van der Waals surface area contributed by atoms with Crippen molar-refractivity contribution in [2.24, 2.45) is 0 Å². The number of halogens is 2. The highest BCUT2D eigenvalue weighted by Gasteiger charge is 2.17. The van der Waals surface area contributed by atoms with Crippen LogP contribution in [-0.4, -0.2) is 32.5 Å². The van der Waals surface area contributed by atoms with Crippen molar-refractivity contribution in [2.75, 3.05) is 17.1 Å². The fourth-order valence-corrected chi connectivity index (χ4v) is 4.82.